The Morgan fingerprint density at radius 3 is 2.55 bits per heavy atom. The minimum atomic E-state index is -0.726. The van der Waals surface area contributed by atoms with Gasteiger partial charge in [0.05, 0.1) is 5.92 Å². The molecule has 20 heavy (non-hydrogen) atoms. The van der Waals surface area contributed by atoms with Gasteiger partial charge in [0, 0.05) is 34.7 Å². The molecule has 3 rings (SSSR count). The number of carboxylic acids is 1. The maximum absolute atomic E-state index is 12.4. The molecular formula is C15H19NO3S. The molecule has 1 aliphatic carbocycles. The first kappa shape index (κ1) is 13.6. The van der Waals surface area contributed by atoms with Crippen LogP contribution in [0, 0.1) is 18.8 Å². The molecule has 1 aromatic rings. The second-order valence-electron chi connectivity index (χ2n) is 5.83. The summed E-state index contributed by atoms with van der Waals surface area (Å²) in [6, 6.07) is 4.24. The Labute approximate surface area is 122 Å². The lowest BCUT2D eigenvalue weighted by Gasteiger charge is -2.30. The Balaban J connectivity index is 1.55. The predicted molar refractivity (Wildman–Crippen MR) is 76.8 cm³/mol. The molecule has 1 aromatic heterocycles. The van der Waals surface area contributed by atoms with E-state index in [1.807, 2.05) is 4.90 Å². The number of hydrogen-bond acceptors (Lipinski definition) is 3. The molecule has 2 atom stereocenters. The smallest absolute Gasteiger partial charge is 0.306 e. The van der Waals surface area contributed by atoms with Crippen LogP contribution in [0.3, 0.4) is 0 Å². The Bertz CT molecular complexity index is 531. The molecule has 2 fully saturated rings. The first-order valence-electron chi connectivity index (χ1n) is 7.14. The molecule has 4 nitrogen and oxygen atoms in total. The second kappa shape index (κ2) is 5.20. The summed E-state index contributed by atoms with van der Waals surface area (Å²) in [5, 5.41) is 8.98. The van der Waals surface area contributed by atoms with Gasteiger partial charge in [0.25, 0.3) is 0 Å². The van der Waals surface area contributed by atoms with E-state index < -0.39 is 5.97 Å². The van der Waals surface area contributed by atoms with Crippen LogP contribution in [0.1, 0.15) is 34.9 Å². The maximum atomic E-state index is 12.4. The number of thiophene rings is 1. The van der Waals surface area contributed by atoms with E-state index in [0.717, 1.165) is 6.42 Å². The van der Waals surface area contributed by atoms with Crippen LogP contribution >= 0.6 is 11.3 Å². The first-order valence-corrected chi connectivity index (χ1v) is 7.96. The van der Waals surface area contributed by atoms with Crippen molar-refractivity contribution in [1.82, 2.24) is 4.90 Å². The lowest BCUT2D eigenvalue weighted by molar-refractivity contribution is -0.146. The van der Waals surface area contributed by atoms with E-state index in [-0.39, 0.29) is 17.7 Å². The molecule has 1 saturated carbocycles. The van der Waals surface area contributed by atoms with E-state index in [0.29, 0.717) is 31.8 Å². The number of carbonyl (C=O) groups excluding carboxylic acids is 1. The third kappa shape index (κ3) is 2.59. The van der Waals surface area contributed by atoms with E-state index in [1.54, 1.807) is 11.3 Å². The summed E-state index contributed by atoms with van der Waals surface area (Å²) >= 11 is 1.78. The number of aryl methyl sites for hydroxylation is 1. The highest BCUT2D eigenvalue weighted by Crippen LogP contribution is 2.50. The summed E-state index contributed by atoms with van der Waals surface area (Å²) in [6.45, 7) is 3.29. The fraction of sp³-hybridized carbons (Fsp3) is 0.600. The lowest BCUT2D eigenvalue weighted by atomic mass is 9.97. The molecule has 1 amide bonds. The van der Waals surface area contributed by atoms with E-state index >= 15 is 0 Å². The van der Waals surface area contributed by atoms with Crippen LogP contribution < -0.4 is 0 Å². The topological polar surface area (TPSA) is 57.6 Å². The monoisotopic (exact) mass is 293 g/mol. The van der Waals surface area contributed by atoms with Crippen molar-refractivity contribution in [1.29, 1.82) is 0 Å². The molecule has 0 radical (unpaired) electrons. The summed E-state index contributed by atoms with van der Waals surface area (Å²) in [6.07, 6.45) is 2.14. The fourth-order valence-corrected chi connectivity index (χ4v) is 4.07. The van der Waals surface area contributed by atoms with Crippen LogP contribution in [0.2, 0.25) is 0 Å². The van der Waals surface area contributed by atoms with Crippen LogP contribution in [0.25, 0.3) is 0 Å². The molecule has 2 aliphatic rings. The van der Waals surface area contributed by atoms with Gasteiger partial charge in [-0.15, -0.1) is 11.3 Å². The largest absolute Gasteiger partial charge is 0.481 e. The molecule has 0 aromatic carbocycles. The van der Waals surface area contributed by atoms with E-state index in [9.17, 15) is 9.59 Å². The van der Waals surface area contributed by atoms with Gasteiger partial charge in [0.15, 0.2) is 0 Å². The molecule has 0 spiro atoms. The average molecular weight is 293 g/mol. The van der Waals surface area contributed by atoms with Gasteiger partial charge in [-0.05, 0) is 38.3 Å². The molecule has 5 heteroatoms. The van der Waals surface area contributed by atoms with Gasteiger partial charge in [-0.1, -0.05) is 0 Å². The first-order chi connectivity index (χ1) is 9.56. The van der Waals surface area contributed by atoms with Gasteiger partial charge in [-0.2, -0.15) is 0 Å². The molecule has 0 bridgehead atoms. The van der Waals surface area contributed by atoms with Gasteiger partial charge >= 0.3 is 5.97 Å². The number of nitrogens with zero attached hydrogens (tertiary/aromatic N) is 1. The standard InChI is InChI=1S/C15H19NO3S/c1-9-2-3-13(20-9)11-8-12(11)14(17)16-6-4-10(5-7-16)15(18)19/h2-3,10-12H,4-8H2,1H3,(H,18,19)/t11-,12+/m1/s1. The molecule has 108 valence electrons. The molecule has 0 unspecified atom stereocenters. The zero-order valence-corrected chi connectivity index (χ0v) is 12.4. The van der Waals surface area contributed by atoms with Crippen molar-refractivity contribution in [3.63, 3.8) is 0 Å². The van der Waals surface area contributed by atoms with Gasteiger partial charge in [-0.25, -0.2) is 0 Å². The normalized spacial score (nSPS) is 26.6. The number of amides is 1. The van der Waals surface area contributed by atoms with Gasteiger partial charge < -0.3 is 10.0 Å². The van der Waals surface area contributed by atoms with Crippen molar-refractivity contribution >= 4 is 23.2 Å². The summed E-state index contributed by atoms with van der Waals surface area (Å²) in [4.78, 5) is 27.8. The van der Waals surface area contributed by atoms with E-state index in [1.165, 1.54) is 9.75 Å². The van der Waals surface area contributed by atoms with Crippen molar-refractivity contribution in [3.05, 3.63) is 21.9 Å². The van der Waals surface area contributed by atoms with Crippen molar-refractivity contribution in [3.8, 4) is 0 Å². The lowest BCUT2D eigenvalue weighted by Crippen LogP contribution is -2.41. The number of piperidine rings is 1. The minimum Gasteiger partial charge on any atom is -0.481 e. The number of rotatable bonds is 3. The number of carbonyl (C=O) groups is 2. The van der Waals surface area contributed by atoms with Gasteiger partial charge in [0.2, 0.25) is 5.91 Å². The zero-order chi connectivity index (χ0) is 14.3. The molecule has 2 heterocycles. The predicted octanol–water partition coefficient (Wildman–Crippen LogP) is 2.48. The number of likely N-dealkylation sites (tertiary alicyclic amines) is 1. The maximum Gasteiger partial charge on any atom is 0.306 e. The Hall–Kier alpha value is -1.36. The van der Waals surface area contributed by atoms with Crippen LogP contribution in [-0.4, -0.2) is 35.0 Å². The third-order valence-electron chi connectivity index (χ3n) is 4.39. The fourth-order valence-electron chi connectivity index (χ4n) is 3.02. The number of carboxylic acid groups (broad SMARTS) is 1. The van der Waals surface area contributed by atoms with Crippen LogP contribution in [0.4, 0.5) is 0 Å². The highest BCUT2D eigenvalue weighted by atomic mass is 32.1. The summed E-state index contributed by atoms with van der Waals surface area (Å²) in [7, 11) is 0. The third-order valence-corrected chi connectivity index (χ3v) is 5.52. The van der Waals surface area contributed by atoms with Gasteiger partial charge in [-0.3, -0.25) is 9.59 Å². The number of aliphatic carboxylic acids is 1. The van der Waals surface area contributed by atoms with Crippen molar-refractivity contribution < 1.29 is 14.7 Å². The second-order valence-corrected chi connectivity index (χ2v) is 7.15. The van der Waals surface area contributed by atoms with Crippen LogP contribution in [-0.2, 0) is 9.59 Å². The Morgan fingerprint density at radius 1 is 1.30 bits per heavy atom. The zero-order valence-electron chi connectivity index (χ0n) is 11.5. The SMILES string of the molecule is Cc1ccc([C@@H]2C[C@@H]2C(=O)N2CCC(C(=O)O)CC2)s1. The van der Waals surface area contributed by atoms with E-state index in [2.05, 4.69) is 19.1 Å². The van der Waals surface area contributed by atoms with E-state index in [4.69, 9.17) is 5.11 Å². The summed E-state index contributed by atoms with van der Waals surface area (Å²) in [5.74, 6) is -0.234. The highest BCUT2D eigenvalue weighted by molar-refractivity contribution is 7.12. The minimum absolute atomic E-state index is 0.134. The molecular weight excluding hydrogens is 274 g/mol. The van der Waals surface area contributed by atoms with Crippen molar-refractivity contribution in [2.24, 2.45) is 11.8 Å². The number of hydrogen-bond donors (Lipinski definition) is 1. The molecule has 1 aliphatic heterocycles. The van der Waals surface area contributed by atoms with Crippen LogP contribution in [0.5, 0.6) is 0 Å². The summed E-state index contributed by atoms with van der Waals surface area (Å²) in [5.41, 5.74) is 0. The molecule has 1 N–H and O–H groups in total. The Kier molecular flexibility index (Phi) is 3.54. The Morgan fingerprint density at radius 2 is 2.00 bits per heavy atom. The summed E-state index contributed by atoms with van der Waals surface area (Å²) < 4.78 is 0. The highest BCUT2D eigenvalue weighted by Gasteiger charge is 2.47. The quantitative estimate of drug-likeness (QED) is 0.931. The van der Waals surface area contributed by atoms with Crippen molar-refractivity contribution in [2.45, 2.75) is 32.1 Å². The average Bonchev–Trinajstić information content (AvgIpc) is 3.13. The molecule has 1 saturated heterocycles. The van der Waals surface area contributed by atoms with Gasteiger partial charge in [0.1, 0.15) is 0 Å². The van der Waals surface area contributed by atoms with Crippen molar-refractivity contribution in [2.75, 3.05) is 13.1 Å². The van der Waals surface area contributed by atoms with Crippen LogP contribution in [0.15, 0.2) is 12.1 Å².